The Kier molecular flexibility index (Phi) is 4.78. The number of alkyl halides is 3. The third-order valence-corrected chi connectivity index (χ3v) is 3.26. The lowest BCUT2D eigenvalue weighted by atomic mass is 10.1. The number of aromatic hydroxyl groups is 1. The standard InChI is InChI=1S/C14H16F3N5O2/c1-7-5-9(8(6-10(7)24)19-3-4-23)20-11-12(14(15,16)17)21-22(2)13(11)18/h5-6,18-19,23-24H,3-4H2,1-2H3. The Labute approximate surface area is 135 Å². The first-order valence-electron chi connectivity index (χ1n) is 6.91. The Bertz CT molecular complexity index is 728. The lowest BCUT2D eigenvalue weighted by Gasteiger charge is -2.12. The van der Waals surface area contributed by atoms with Gasteiger partial charge in [0.15, 0.2) is 11.5 Å². The number of nitrogens with one attached hydrogen (secondary N) is 2. The van der Waals surface area contributed by atoms with Crippen molar-refractivity contribution >= 4 is 28.6 Å². The van der Waals surface area contributed by atoms with E-state index in [1.807, 2.05) is 0 Å². The number of anilines is 1. The lowest BCUT2D eigenvalue weighted by molar-refractivity contribution is -0.0570. The molecule has 0 bridgehead atoms. The summed E-state index contributed by atoms with van der Waals surface area (Å²) in [5.74, 6) is -0.552. The number of phenols is 1. The zero-order valence-electron chi connectivity index (χ0n) is 12.9. The van der Waals surface area contributed by atoms with Gasteiger partial charge in [-0.15, -0.1) is 0 Å². The van der Waals surface area contributed by atoms with Crippen LogP contribution in [-0.4, -0.2) is 58.9 Å². The molecule has 0 amide bonds. The van der Waals surface area contributed by atoms with E-state index >= 15 is 0 Å². The molecule has 0 spiro atoms. The van der Waals surface area contributed by atoms with Crippen LogP contribution in [0.3, 0.4) is 0 Å². The van der Waals surface area contributed by atoms with Crippen LogP contribution in [0.1, 0.15) is 5.56 Å². The number of rotatable bonds is 4. The third kappa shape index (κ3) is 3.48. The molecule has 0 aromatic heterocycles. The predicted octanol–water partition coefficient (Wildman–Crippen LogP) is 2.02. The Morgan fingerprint density at radius 2 is 2.04 bits per heavy atom. The maximum absolute atomic E-state index is 13.1. The van der Waals surface area contributed by atoms with Crippen molar-refractivity contribution in [1.29, 1.82) is 5.41 Å². The molecule has 0 unspecified atom stereocenters. The number of aliphatic hydroxyl groups is 1. The SMILES string of the molecule is Cc1cc(N=C2C(=N)N(C)N=C2C(F)(F)F)c(NCCO)cc1O. The van der Waals surface area contributed by atoms with Gasteiger partial charge < -0.3 is 15.5 Å². The molecule has 1 aromatic rings. The third-order valence-electron chi connectivity index (χ3n) is 3.26. The Balaban J connectivity index is 2.55. The highest BCUT2D eigenvalue weighted by Crippen LogP contribution is 2.34. The van der Waals surface area contributed by atoms with Crippen LogP contribution in [-0.2, 0) is 0 Å². The van der Waals surface area contributed by atoms with Gasteiger partial charge in [-0.1, -0.05) is 0 Å². The molecule has 130 valence electrons. The minimum absolute atomic E-state index is 0.0669. The molecule has 0 radical (unpaired) electrons. The van der Waals surface area contributed by atoms with Gasteiger partial charge in [0.1, 0.15) is 11.5 Å². The molecule has 1 aliphatic rings. The molecular formula is C14H16F3N5O2. The summed E-state index contributed by atoms with van der Waals surface area (Å²) >= 11 is 0. The first-order valence-corrected chi connectivity index (χ1v) is 6.91. The number of nitrogens with zero attached hydrogens (tertiary/aromatic N) is 3. The van der Waals surface area contributed by atoms with Crippen molar-refractivity contribution in [2.75, 3.05) is 25.5 Å². The van der Waals surface area contributed by atoms with Crippen molar-refractivity contribution in [1.82, 2.24) is 5.01 Å². The summed E-state index contributed by atoms with van der Waals surface area (Å²) in [6, 6.07) is 2.69. The zero-order chi connectivity index (χ0) is 18.1. The van der Waals surface area contributed by atoms with Crippen LogP contribution in [0.4, 0.5) is 24.5 Å². The fourth-order valence-electron chi connectivity index (χ4n) is 2.04. The van der Waals surface area contributed by atoms with Crippen LogP contribution in [0.25, 0.3) is 0 Å². The van der Waals surface area contributed by atoms with Gasteiger partial charge in [0.2, 0.25) is 0 Å². The van der Waals surface area contributed by atoms with E-state index in [1.54, 1.807) is 6.92 Å². The molecule has 7 nitrogen and oxygen atoms in total. The number of hydrogen-bond acceptors (Lipinski definition) is 6. The molecule has 1 aromatic carbocycles. The first kappa shape index (κ1) is 17.7. The van der Waals surface area contributed by atoms with Crippen molar-refractivity contribution in [3.63, 3.8) is 0 Å². The molecule has 1 aliphatic heterocycles. The molecule has 0 fully saturated rings. The highest BCUT2D eigenvalue weighted by Gasteiger charge is 2.45. The molecule has 0 aliphatic carbocycles. The summed E-state index contributed by atoms with van der Waals surface area (Å²) in [4.78, 5) is 3.94. The number of halogens is 3. The Morgan fingerprint density at radius 3 is 2.62 bits per heavy atom. The van der Waals surface area contributed by atoms with E-state index in [1.165, 1.54) is 19.2 Å². The summed E-state index contributed by atoms with van der Waals surface area (Å²) in [5.41, 5.74) is -1.11. The molecular weight excluding hydrogens is 327 g/mol. The molecule has 10 heteroatoms. The molecule has 4 N–H and O–H groups in total. The summed E-state index contributed by atoms with van der Waals surface area (Å²) in [6.07, 6.45) is -4.75. The van der Waals surface area contributed by atoms with Gasteiger partial charge in [0.25, 0.3) is 0 Å². The molecule has 0 saturated carbocycles. The monoisotopic (exact) mass is 343 g/mol. The molecule has 24 heavy (non-hydrogen) atoms. The van der Waals surface area contributed by atoms with E-state index in [4.69, 9.17) is 10.5 Å². The quantitative estimate of drug-likeness (QED) is 0.671. The number of hydrazone groups is 1. The summed E-state index contributed by atoms with van der Waals surface area (Å²) in [6.45, 7) is 1.48. The lowest BCUT2D eigenvalue weighted by Crippen LogP contribution is -2.32. The van der Waals surface area contributed by atoms with Crippen LogP contribution in [0.5, 0.6) is 5.75 Å². The van der Waals surface area contributed by atoms with Gasteiger partial charge in [-0.3, -0.25) is 5.41 Å². The summed E-state index contributed by atoms with van der Waals surface area (Å²) in [5, 5.41) is 33.2. The largest absolute Gasteiger partial charge is 0.508 e. The van der Waals surface area contributed by atoms with Gasteiger partial charge >= 0.3 is 6.18 Å². The van der Waals surface area contributed by atoms with Crippen molar-refractivity contribution in [3.8, 4) is 5.75 Å². The maximum Gasteiger partial charge on any atom is 0.437 e. The second kappa shape index (κ2) is 6.48. The van der Waals surface area contributed by atoms with Gasteiger partial charge in [-0.05, 0) is 18.6 Å². The normalized spacial score (nSPS) is 16.8. The predicted molar refractivity (Wildman–Crippen MR) is 84.5 cm³/mol. The minimum Gasteiger partial charge on any atom is -0.508 e. The number of hydrogen-bond donors (Lipinski definition) is 4. The second-order valence-electron chi connectivity index (χ2n) is 5.09. The molecule has 1 heterocycles. The average Bonchev–Trinajstić information content (AvgIpc) is 2.77. The van der Waals surface area contributed by atoms with E-state index in [0.717, 1.165) is 5.01 Å². The van der Waals surface area contributed by atoms with Crippen LogP contribution in [0.15, 0.2) is 22.2 Å². The Hall–Kier alpha value is -2.62. The average molecular weight is 343 g/mol. The number of aliphatic imine (C=N–C) groups is 1. The van der Waals surface area contributed by atoms with Crippen molar-refractivity contribution in [3.05, 3.63) is 17.7 Å². The number of phenolic OH excluding ortho intramolecular Hbond substituents is 1. The maximum atomic E-state index is 13.1. The highest BCUT2D eigenvalue weighted by molar-refractivity contribution is 6.70. The fraction of sp³-hybridized carbons (Fsp3) is 0.357. The van der Waals surface area contributed by atoms with E-state index < -0.39 is 23.4 Å². The number of aliphatic hydroxyl groups excluding tert-OH is 1. The van der Waals surface area contributed by atoms with E-state index in [0.29, 0.717) is 5.56 Å². The summed E-state index contributed by atoms with van der Waals surface area (Å²) in [7, 11) is 1.23. The smallest absolute Gasteiger partial charge is 0.437 e. The second-order valence-corrected chi connectivity index (χ2v) is 5.09. The van der Waals surface area contributed by atoms with Crippen molar-refractivity contribution < 1.29 is 23.4 Å². The van der Waals surface area contributed by atoms with E-state index in [-0.39, 0.29) is 30.3 Å². The van der Waals surface area contributed by atoms with Gasteiger partial charge in [0, 0.05) is 19.7 Å². The van der Waals surface area contributed by atoms with Gasteiger partial charge in [-0.2, -0.15) is 18.3 Å². The van der Waals surface area contributed by atoms with Crippen LogP contribution in [0.2, 0.25) is 0 Å². The summed E-state index contributed by atoms with van der Waals surface area (Å²) < 4.78 is 39.2. The topological polar surface area (TPSA) is 104 Å². The zero-order valence-corrected chi connectivity index (χ0v) is 12.9. The number of aryl methyl sites for hydroxylation is 1. The number of benzene rings is 1. The Morgan fingerprint density at radius 1 is 1.38 bits per heavy atom. The van der Waals surface area contributed by atoms with Crippen molar-refractivity contribution in [2.45, 2.75) is 13.1 Å². The van der Waals surface area contributed by atoms with Crippen LogP contribution < -0.4 is 5.32 Å². The van der Waals surface area contributed by atoms with Gasteiger partial charge in [0.05, 0.1) is 18.0 Å². The van der Waals surface area contributed by atoms with E-state index in [2.05, 4.69) is 15.4 Å². The first-order chi connectivity index (χ1) is 11.1. The van der Waals surface area contributed by atoms with Gasteiger partial charge in [-0.25, -0.2) is 10.0 Å². The van der Waals surface area contributed by atoms with E-state index in [9.17, 15) is 18.3 Å². The van der Waals surface area contributed by atoms with Crippen LogP contribution in [0, 0.1) is 12.3 Å². The minimum atomic E-state index is -4.75. The van der Waals surface area contributed by atoms with Crippen LogP contribution >= 0.6 is 0 Å². The molecule has 0 atom stereocenters. The molecule has 2 rings (SSSR count). The van der Waals surface area contributed by atoms with Crippen molar-refractivity contribution in [2.24, 2.45) is 10.1 Å². The fourth-order valence-corrected chi connectivity index (χ4v) is 2.04. The highest BCUT2D eigenvalue weighted by atomic mass is 19.4. The number of amidine groups is 1. The molecule has 0 saturated heterocycles.